The average molecular weight is 241 g/mol. The smallest absolute Gasteiger partial charge is 0.105 e. The van der Waals surface area contributed by atoms with Gasteiger partial charge >= 0.3 is 0 Å². The molecule has 1 N–H and O–H groups in total. The molecule has 0 atom stereocenters. The summed E-state index contributed by atoms with van der Waals surface area (Å²) in [4.78, 5) is 4.38. The first-order chi connectivity index (χ1) is 7.65. The van der Waals surface area contributed by atoms with Crippen molar-refractivity contribution < 1.29 is 0 Å². The number of hydrogen-bond donors (Lipinski definition) is 1. The Morgan fingerprint density at radius 2 is 2.25 bits per heavy atom. The van der Waals surface area contributed by atoms with Crippen molar-refractivity contribution in [2.75, 3.05) is 18.6 Å². The van der Waals surface area contributed by atoms with Crippen molar-refractivity contribution in [3.63, 3.8) is 0 Å². The van der Waals surface area contributed by atoms with Crippen molar-refractivity contribution in [3.8, 4) is 0 Å². The van der Waals surface area contributed by atoms with Crippen LogP contribution in [-0.4, -0.2) is 28.1 Å². The molecule has 1 aromatic rings. The van der Waals surface area contributed by atoms with Crippen LogP contribution in [0.25, 0.3) is 0 Å². The van der Waals surface area contributed by atoms with Crippen LogP contribution in [0.3, 0.4) is 0 Å². The molecule has 0 saturated carbocycles. The third-order valence-corrected chi connectivity index (χ3v) is 3.11. The van der Waals surface area contributed by atoms with E-state index in [1.165, 1.54) is 5.69 Å². The van der Waals surface area contributed by atoms with Crippen LogP contribution in [-0.2, 0) is 13.1 Å². The quantitative estimate of drug-likeness (QED) is 0.794. The van der Waals surface area contributed by atoms with E-state index in [0.29, 0.717) is 5.92 Å². The summed E-state index contributed by atoms with van der Waals surface area (Å²) < 4.78 is 2.31. The number of hydrogen-bond acceptors (Lipinski definition) is 3. The summed E-state index contributed by atoms with van der Waals surface area (Å²) in [6, 6.07) is 0. The highest BCUT2D eigenvalue weighted by atomic mass is 32.2. The Kier molecular flexibility index (Phi) is 5.91. The van der Waals surface area contributed by atoms with Gasteiger partial charge in [0.2, 0.25) is 0 Å². The summed E-state index contributed by atoms with van der Waals surface area (Å²) in [6.07, 6.45) is 4.13. The number of aromatic nitrogens is 2. The van der Waals surface area contributed by atoms with E-state index in [2.05, 4.69) is 41.9 Å². The Balaban J connectivity index is 2.51. The third-order valence-electron chi connectivity index (χ3n) is 2.52. The van der Waals surface area contributed by atoms with Crippen LogP contribution < -0.4 is 5.32 Å². The number of rotatable bonds is 7. The summed E-state index contributed by atoms with van der Waals surface area (Å²) in [6.45, 7) is 9.57. The van der Waals surface area contributed by atoms with Crippen LogP contribution in [0.15, 0.2) is 6.20 Å². The molecule has 0 aromatic carbocycles. The van der Waals surface area contributed by atoms with E-state index in [1.54, 1.807) is 0 Å². The second-order valence-electron chi connectivity index (χ2n) is 4.47. The van der Waals surface area contributed by atoms with Gasteiger partial charge in [0, 0.05) is 25.0 Å². The van der Waals surface area contributed by atoms with Gasteiger partial charge in [0.1, 0.15) is 5.82 Å². The zero-order chi connectivity index (χ0) is 12.0. The molecule has 0 radical (unpaired) electrons. The number of nitrogens with zero attached hydrogens (tertiary/aromatic N) is 2. The van der Waals surface area contributed by atoms with Crippen molar-refractivity contribution in [2.45, 2.75) is 33.9 Å². The summed E-state index contributed by atoms with van der Waals surface area (Å²) in [5, 5.41) is 3.46. The van der Waals surface area contributed by atoms with Gasteiger partial charge in [-0.25, -0.2) is 4.98 Å². The minimum absolute atomic E-state index is 0.698. The highest BCUT2D eigenvalue weighted by Crippen LogP contribution is 2.06. The molecule has 0 aliphatic rings. The minimum Gasteiger partial charge on any atom is -0.330 e. The van der Waals surface area contributed by atoms with Crippen LogP contribution in [0.5, 0.6) is 0 Å². The molecule has 0 fully saturated rings. The van der Waals surface area contributed by atoms with E-state index in [0.717, 1.165) is 31.2 Å². The molecule has 4 heteroatoms. The van der Waals surface area contributed by atoms with Gasteiger partial charge in [-0.3, -0.25) is 0 Å². The van der Waals surface area contributed by atoms with Crippen LogP contribution in [0, 0.1) is 12.8 Å². The number of nitrogens with one attached hydrogen (secondary N) is 1. The number of imidazole rings is 1. The van der Waals surface area contributed by atoms with Gasteiger partial charge in [0.25, 0.3) is 0 Å². The van der Waals surface area contributed by atoms with Gasteiger partial charge in [-0.15, -0.1) is 0 Å². The van der Waals surface area contributed by atoms with Crippen molar-refractivity contribution in [3.05, 3.63) is 17.7 Å². The molecule has 0 aliphatic heterocycles. The maximum absolute atomic E-state index is 4.38. The van der Waals surface area contributed by atoms with E-state index in [-0.39, 0.29) is 0 Å². The van der Waals surface area contributed by atoms with E-state index < -0.39 is 0 Å². The SMILES string of the molecule is CSCCn1c(CNCC(C)C)cnc1C. The summed E-state index contributed by atoms with van der Waals surface area (Å²) in [5.41, 5.74) is 1.30. The Morgan fingerprint density at radius 3 is 2.88 bits per heavy atom. The fraction of sp³-hybridized carbons (Fsp3) is 0.750. The average Bonchev–Trinajstić information content (AvgIpc) is 2.57. The van der Waals surface area contributed by atoms with Crippen LogP contribution in [0.4, 0.5) is 0 Å². The van der Waals surface area contributed by atoms with Gasteiger partial charge in [0.15, 0.2) is 0 Å². The maximum atomic E-state index is 4.38. The summed E-state index contributed by atoms with van der Waals surface area (Å²) in [7, 11) is 0. The van der Waals surface area contributed by atoms with Gasteiger partial charge in [-0.1, -0.05) is 13.8 Å². The standard InChI is InChI=1S/C12H23N3S/c1-10(2)7-13-8-12-9-14-11(3)15(12)5-6-16-4/h9-10,13H,5-8H2,1-4H3. The molecule has 0 amide bonds. The van der Waals surface area contributed by atoms with Crippen molar-refractivity contribution >= 4 is 11.8 Å². The van der Waals surface area contributed by atoms with Crippen molar-refractivity contribution in [2.24, 2.45) is 5.92 Å². The predicted molar refractivity (Wildman–Crippen MR) is 71.9 cm³/mol. The molecule has 0 spiro atoms. The molecule has 92 valence electrons. The number of aryl methyl sites for hydroxylation is 1. The first-order valence-corrected chi connectivity index (χ1v) is 7.25. The molecule has 16 heavy (non-hydrogen) atoms. The highest BCUT2D eigenvalue weighted by molar-refractivity contribution is 7.98. The predicted octanol–water partition coefficient (Wildman–Crippen LogP) is 2.30. The van der Waals surface area contributed by atoms with E-state index in [4.69, 9.17) is 0 Å². The fourth-order valence-electron chi connectivity index (χ4n) is 1.63. The highest BCUT2D eigenvalue weighted by Gasteiger charge is 2.05. The lowest BCUT2D eigenvalue weighted by Crippen LogP contribution is -2.21. The van der Waals surface area contributed by atoms with Crippen molar-refractivity contribution in [1.29, 1.82) is 0 Å². The van der Waals surface area contributed by atoms with Crippen molar-refractivity contribution in [1.82, 2.24) is 14.9 Å². The summed E-state index contributed by atoms with van der Waals surface area (Å²) >= 11 is 1.88. The zero-order valence-electron chi connectivity index (χ0n) is 10.8. The second-order valence-corrected chi connectivity index (χ2v) is 5.45. The Labute approximate surface area is 103 Å². The van der Waals surface area contributed by atoms with Crippen LogP contribution in [0.1, 0.15) is 25.4 Å². The number of thioether (sulfide) groups is 1. The molecular formula is C12H23N3S. The molecular weight excluding hydrogens is 218 g/mol. The maximum Gasteiger partial charge on any atom is 0.105 e. The third kappa shape index (κ3) is 4.18. The molecule has 0 unspecified atom stereocenters. The lowest BCUT2D eigenvalue weighted by molar-refractivity contribution is 0.536. The van der Waals surface area contributed by atoms with E-state index >= 15 is 0 Å². The molecule has 0 aliphatic carbocycles. The van der Waals surface area contributed by atoms with Gasteiger partial charge in [-0.05, 0) is 25.6 Å². The van der Waals surface area contributed by atoms with E-state index in [1.807, 2.05) is 18.0 Å². The first-order valence-electron chi connectivity index (χ1n) is 5.85. The molecule has 0 saturated heterocycles. The Hall–Kier alpha value is -0.480. The topological polar surface area (TPSA) is 29.9 Å². The molecule has 1 rings (SSSR count). The van der Waals surface area contributed by atoms with Gasteiger partial charge in [0.05, 0.1) is 5.69 Å². The van der Waals surface area contributed by atoms with E-state index in [9.17, 15) is 0 Å². The Morgan fingerprint density at radius 1 is 1.50 bits per heavy atom. The monoisotopic (exact) mass is 241 g/mol. The Bertz CT molecular complexity index is 307. The fourth-order valence-corrected chi connectivity index (χ4v) is 2.00. The largest absolute Gasteiger partial charge is 0.330 e. The molecule has 1 heterocycles. The van der Waals surface area contributed by atoms with Gasteiger partial charge in [-0.2, -0.15) is 11.8 Å². The van der Waals surface area contributed by atoms with Crippen LogP contribution in [0.2, 0.25) is 0 Å². The summed E-state index contributed by atoms with van der Waals surface area (Å²) in [5.74, 6) is 2.97. The molecule has 3 nitrogen and oxygen atoms in total. The molecule has 0 bridgehead atoms. The van der Waals surface area contributed by atoms with Crippen LogP contribution >= 0.6 is 11.8 Å². The normalized spacial score (nSPS) is 11.3. The lowest BCUT2D eigenvalue weighted by atomic mass is 10.2. The first kappa shape index (κ1) is 13.6. The molecule has 1 aromatic heterocycles. The minimum atomic E-state index is 0.698. The van der Waals surface area contributed by atoms with Gasteiger partial charge < -0.3 is 9.88 Å². The zero-order valence-corrected chi connectivity index (χ0v) is 11.6. The lowest BCUT2D eigenvalue weighted by Gasteiger charge is -2.11. The second kappa shape index (κ2) is 6.97.